The number of amides is 1. The highest BCUT2D eigenvalue weighted by Gasteiger charge is 2.09. The first-order valence-corrected chi connectivity index (χ1v) is 4.62. The first-order valence-electron chi connectivity index (χ1n) is 4.62. The zero-order valence-corrected chi connectivity index (χ0v) is 8.41. The normalized spacial score (nSPS) is 12.4. The summed E-state index contributed by atoms with van der Waals surface area (Å²) in [5, 5.41) is 11.7. The summed E-state index contributed by atoms with van der Waals surface area (Å²) < 4.78 is 25.5. The van der Waals surface area contributed by atoms with Gasteiger partial charge in [-0.2, -0.15) is 0 Å². The van der Waals surface area contributed by atoms with Crippen molar-refractivity contribution in [3.8, 4) is 0 Å². The second-order valence-electron chi connectivity index (χ2n) is 3.33. The fourth-order valence-electron chi connectivity index (χ4n) is 1.17. The number of hydrogen-bond donors (Lipinski definition) is 3. The van der Waals surface area contributed by atoms with E-state index in [0.29, 0.717) is 5.56 Å². The maximum Gasteiger partial charge on any atom is 0.247 e. The Morgan fingerprint density at radius 2 is 1.94 bits per heavy atom. The van der Waals surface area contributed by atoms with E-state index >= 15 is 0 Å². The average Bonchev–Trinajstić information content (AvgIpc) is 2.15. The van der Waals surface area contributed by atoms with Gasteiger partial charge >= 0.3 is 0 Å². The van der Waals surface area contributed by atoms with Gasteiger partial charge in [-0.05, 0) is 17.7 Å². The lowest BCUT2D eigenvalue weighted by molar-refractivity contribution is -0.125. The Hall–Kier alpha value is -1.53. The molecule has 1 aromatic rings. The van der Waals surface area contributed by atoms with E-state index in [1.165, 1.54) is 0 Å². The van der Waals surface area contributed by atoms with Crippen LogP contribution >= 0.6 is 0 Å². The molecule has 4 N–H and O–H groups in total. The number of carbonyl (C=O) groups is 1. The Balaban J connectivity index is 2.46. The number of hydrogen-bond acceptors (Lipinski definition) is 3. The van der Waals surface area contributed by atoms with Crippen LogP contribution in [0.4, 0.5) is 8.78 Å². The van der Waals surface area contributed by atoms with Crippen LogP contribution in [0.25, 0.3) is 0 Å². The molecule has 6 heteroatoms. The van der Waals surface area contributed by atoms with Crippen molar-refractivity contribution in [1.82, 2.24) is 5.32 Å². The number of rotatable bonds is 5. The summed E-state index contributed by atoms with van der Waals surface area (Å²) in [7, 11) is 0. The van der Waals surface area contributed by atoms with Crippen molar-refractivity contribution in [3.05, 3.63) is 35.4 Å². The molecule has 0 radical (unpaired) electrons. The minimum Gasteiger partial charge on any atom is -0.382 e. The molecule has 0 aromatic heterocycles. The van der Waals surface area contributed by atoms with Crippen LogP contribution < -0.4 is 11.1 Å². The molecule has 1 atom stereocenters. The second-order valence-corrected chi connectivity index (χ2v) is 3.33. The number of aliphatic hydroxyl groups excluding tert-OH is 1. The Bertz CT molecular complexity index is 365. The first-order chi connectivity index (χ1) is 7.49. The van der Waals surface area contributed by atoms with Gasteiger partial charge < -0.3 is 16.2 Å². The zero-order chi connectivity index (χ0) is 12.1. The third kappa shape index (κ3) is 3.92. The van der Waals surface area contributed by atoms with E-state index in [4.69, 9.17) is 10.8 Å². The van der Waals surface area contributed by atoms with Crippen LogP contribution in [-0.4, -0.2) is 23.7 Å². The molecule has 0 aliphatic heterocycles. The van der Waals surface area contributed by atoms with Crippen molar-refractivity contribution in [1.29, 1.82) is 0 Å². The van der Waals surface area contributed by atoms with E-state index in [2.05, 4.69) is 5.32 Å². The molecular formula is C10H12F2N2O2. The predicted octanol–water partition coefficient (Wildman–Crippen LogP) is -0.0994. The van der Waals surface area contributed by atoms with Crippen molar-refractivity contribution in [2.24, 2.45) is 5.73 Å². The third-order valence-corrected chi connectivity index (χ3v) is 1.92. The summed E-state index contributed by atoms with van der Waals surface area (Å²) in [5.74, 6) is -2.20. The Labute approximate surface area is 91.1 Å². The van der Waals surface area contributed by atoms with Crippen LogP contribution in [0.5, 0.6) is 0 Å². The minimum atomic E-state index is -1.31. The lowest BCUT2D eigenvalue weighted by Gasteiger charge is -2.08. The highest BCUT2D eigenvalue weighted by molar-refractivity contribution is 5.78. The molecule has 0 saturated heterocycles. The van der Waals surface area contributed by atoms with Crippen LogP contribution in [0.15, 0.2) is 18.2 Å². The van der Waals surface area contributed by atoms with Crippen molar-refractivity contribution in [2.45, 2.75) is 12.6 Å². The number of aliphatic hydroxyl groups is 1. The monoisotopic (exact) mass is 230 g/mol. The van der Waals surface area contributed by atoms with Crippen molar-refractivity contribution < 1.29 is 18.7 Å². The Morgan fingerprint density at radius 1 is 1.38 bits per heavy atom. The topological polar surface area (TPSA) is 75.4 Å². The maximum absolute atomic E-state index is 12.8. The molecule has 0 aliphatic rings. The van der Waals surface area contributed by atoms with Gasteiger partial charge in [-0.15, -0.1) is 0 Å². The summed E-state index contributed by atoms with van der Waals surface area (Å²) in [6, 6.07) is 3.08. The summed E-state index contributed by atoms with van der Waals surface area (Å²) in [5.41, 5.74) is 5.20. The van der Waals surface area contributed by atoms with Crippen LogP contribution in [0.3, 0.4) is 0 Å². The lowest BCUT2D eigenvalue weighted by Crippen LogP contribution is -2.37. The highest BCUT2D eigenvalue weighted by Crippen LogP contribution is 2.07. The fourth-order valence-corrected chi connectivity index (χ4v) is 1.17. The van der Waals surface area contributed by atoms with Gasteiger partial charge in [0, 0.05) is 19.2 Å². The van der Waals surface area contributed by atoms with Gasteiger partial charge in [0.05, 0.1) is 0 Å². The zero-order valence-electron chi connectivity index (χ0n) is 8.41. The van der Waals surface area contributed by atoms with E-state index in [1.54, 1.807) is 0 Å². The van der Waals surface area contributed by atoms with Crippen LogP contribution in [0.1, 0.15) is 5.56 Å². The van der Waals surface area contributed by atoms with E-state index in [0.717, 1.165) is 18.2 Å². The molecule has 1 amide bonds. The molecule has 88 valence electrons. The molecule has 1 rings (SSSR count). The number of halogens is 2. The minimum absolute atomic E-state index is 0.0620. The SMILES string of the molecule is NC(=O)C(O)CNCc1cc(F)cc(F)c1. The molecule has 16 heavy (non-hydrogen) atoms. The molecule has 0 aliphatic carbocycles. The molecule has 0 fully saturated rings. The van der Waals surface area contributed by atoms with Gasteiger partial charge in [-0.3, -0.25) is 4.79 Å². The maximum atomic E-state index is 12.8. The fraction of sp³-hybridized carbons (Fsp3) is 0.300. The summed E-state index contributed by atoms with van der Waals surface area (Å²) >= 11 is 0. The first kappa shape index (κ1) is 12.5. The Kier molecular flexibility index (Phi) is 4.33. The summed E-state index contributed by atoms with van der Waals surface area (Å²) in [4.78, 5) is 10.5. The van der Waals surface area contributed by atoms with Crippen molar-refractivity contribution >= 4 is 5.91 Å². The number of benzene rings is 1. The van der Waals surface area contributed by atoms with Crippen LogP contribution in [-0.2, 0) is 11.3 Å². The van der Waals surface area contributed by atoms with E-state index in [9.17, 15) is 13.6 Å². The second kappa shape index (κ2) is 5.53. The van der Waals surface area contributed by atoms with Crippen molar-refractivity contribution in [3.63, 3.8) is 0 Å². The predicted molar refractivity (Wildman–Crippen MR) is 53.3 cm³/mol. The van der Waals surface area contributed by atoms with Gasteiger partial charge in [0.1, 0.15) is 17.7 Å². The molecule has 4 nitrogen and oxygen atoms in total. The average molecular weight is 230 g/mol. The molecule has 0 heterocycles. The van der Waals surface area contributed by atoms with Crippen LogP contribution in [0.2, 0.25) is 0 Å². The van der Waals surface area contributed by atoms with Gasteiger partial charge in [-0.25, -0.2) is 8.78 Å². The van der Waals surface area contributed by atoms with Gasteiger partial charge in [-0.1, -0.05) is 0 Å². The Morgan fingerprint density at radius 3 is 2.44 bits per heavy atom. The van der Waals surface area contributed by atoms with Gasteiger partial charge in [0.15, 0.2) is 0 Å². The summed E-state index contributed by atoms with van der Waals surface area (Å²) in [6.07, 6.45) is -1.31. The van der Waals surface area contributed by atoms with Gasteiger partial charge in [0.25, 0.3) is 0 Å². The number of nitrogens with one attached hydrogen (secondary N) is 1. The number of nitrogens with two attached hydrogens (primary N) is 1. The molecule has 0 bridgehead atoms. The van der Waals surface area contributed by atoms with E-state index in [1.807, 2.05) is 0 Å². The molecular weight excluding hydrogens is 218 g/mol. The van der Waals surface area contributed by atoms with Crippen LogP contribution in [0, 0.1) is 11.6 Å². The number of primary amides is 1. The standard InChI is InChI=1S/C10H12F2N2O2/c11-7-1-6(2-8(12)3-7)4-14-5-9(15)10(13)16/h1-3,9,14-15H,4-5H2,(H2,13,16). The molecule has 1 unspecified atom stereocenters. The summed E-state index contributed by atoms with van der Waals surface area (Å²) in [6.45, 7) is 0.0759. The van der Waals surface area contributed by atoms with E-state index < -0.39 is 23.6 Å². The van der Waals surface area contributed by atoms with Gasteiger partial charge in [0.2, 0.25) is 5.91 Å². The third-order valence-electron chi connectivity index (χ3n) is 1.92. The van der Waals surface area contributed by atoms with Crippen molar-refractivity contribution in [2.75, 3.05) is 6.54 Å². The molecule has 1 aromatic carbocycles. The molecule has 0 saturated carbocycles. The largest absolute Gasteiger partial charge is 0.382 e. The van der Waals surface area contributed by atoms with E-state index in [-0.39, 0.29) is 13.1 Å². The highest BCUT2D eigenvalue weighted by atomic mass is 19.1. The number of carbonyl (C=O) groups excluding carboxylic acids is 1. The smallest absolute Gasteiger partial charge is 0.247 e. The quantitative estimate of drug-likeness (QED) is 0.661. The lowest BCUT2D eigenvalue weighted by atomic mass is 10.2. The molecule has 0 spiro atoms.